The Balaban J connectivity index is 2.14. The summed E-state index contributed by atoms with van der Waals surface area (Å²) in [6, 6.07) is 0.243. The lowest BCUT2D eigenvalue weighted by atomic mass is 10.1. The van der Waals surface area contributed by atoms with Crippen LogP contribution in [-0.4, -0.2) is 29.1 Å². The Kier molecular flexibility index (Phi) is 2.49. The van der Waals surface area contributed by atoms with Gasteiger partial charge in [-0.3, -0.25) is 4.98 Å². The Bertz CT molecular complexity index is 314. The summed E-state index contributed by atoms with van der Waals surface area (Å²) < 4.78 is 0. The number of nitrogen functional groups attached to an aromatic ring is 1. The Labute approximate surface area is 83.1 Å². The van der Waals surface area contributed by atoms with Gasteiger partial charge >= 0.3 is 0 Å². The van der Waals surface area contributed by atoms with E-state index in [9.17, 15) is 0 Å². The molecule has 2 heterocycles. The van der Waals surface area contributed by atoms with E-state index < -0.39 is 0 Å². The lowest BCUT2D eigenvalue weighted by Crippen LogP contribution is -2.43. The topological polar surface area (TPSA) is 81.1 Å². The minimum atomic E-state index is 0.243. The van der Waals surface area contributed by atoms with Gasteiger partial charge in [-0.05, 0) is 12.8 Å². The summed E-state index contributed by atoms with van der Waals surface area (Å²) in [4.78, 5) is 10.4. The average Bonchev–Trinajstić information content (AvgIpc) is 2.18. The molecule has 5 heteroatoms. The first-order valence-corrected chi connectivity index (χ1v) is 4.84. The maximum absolute atomic E-state index is 5.88. The van der Waals surface area contributed by atoms with Crippen LogP contribution in [0.3, 0.4) is 0 Å². The van der Waals surface area contributed by atoms with Gasteiger partial charge in [-0.15, -0.1) is 0 Å². The molecule has 1 aliphatic heterocycles. The highest BCUT2D eigenvalue weighted by atomic mass is 15.2. The fourth-order valence-corrected chi connectivity index (χ4v) is 1.74. The molecule has 0 amide bonds. The van der Waals surface area contributed by atoms with E-state index in [1.807, 2.05) is 0 Å². The fraction of sp³-hybridized carbons (Fsp3) is 0.556. The van der Waals surface area contributed by atoms with Crippen LogP contribution >= 0.6 is 0 Å². The molecule has 0 aliphatic carbocycles. The fourth-order valence-electron chi connectivity index (χ4n) is 1.74. The molecule has 0 saturated carbocycles. The summed E-state index contributed by atoms with van der Waals surface area (Å²) in [5.74, 6) is 1.29. The van der Waals surface area contributed by atoms with Crippen molar-refractivity contribution in [2.75, 3.05) is 23.7 Å². The van der Waals surface area contributed by atoms with Crippen molar-refractivity contribution in [2.24, 2.45) is 5.73 Å². The molecule has 76 valence electrons. The van der Waals surface area contributed by atoms with Gasteiger partial charge in [0, 0.05) is 19.1 Å². The second-order valence-electron chi connectivity index (χ2n) is 3.65. The van der Waals surface area contributed by atoms with E-state index in [2.05, 4.69) is 14.9 Å². The zero-order valence-electron chi connectivity index (χ0n) is 8.06. The van der Waals surface area contributed by atoms with Crippen LogP contribution in [0.4, 0.5) is 11.6 Å². The van der Waals surface area contributed by atoms with Gasteiger partial charge in [0.15, 0.2) is 0 Å². The van der Waals surface area contributed by atoms with E-state index in [4.69, 9.17) is 11.5 Å². The van der Waals surface area contributed by atoms with Crippen molar-refractivity contribution in [3.8, 4) is 0 Å². The van der Waals surface area contributed by atoms with Crippen LogP contribution in [0.1, 0.15) is 12.8 Å². The zero-order chi connectivity index (χ0) is 9.97. The molecule has 14 heavy (non-hydrogen) atoms. The first-order chi connectivity index (χ1) is 6.75. The molecule has 1 aromatic heterocycles. The van der Waals surface area contributed by atoms with Gasteiger partial charge in [0.2, 0.25) is 0 Å². The third kappa shape index (κ3) is 1.93. The first-order valence-electron chi connectivity index (χ1n) is 4.84. The molecule has 0 radical (unpaired) electrons. The third-order valence-corrected chi connectivity index (χ3v) is 2.42. The molecule has 1 unspecified atom stereocenters. The van der Waals surface area contributed by atoms with Crippen molar-refractivity contribution in [3.05, 3.63) is 12.4 Å². The predicted octanol–water partition coefficient (Wildman–Crippen LogP) is -0.0137. The lowest BCUT2D eigenvalue weighted by molar-refractivity contribution is 0.503. The summed E-state index contributed by atoms with van der Waals surface area (Å²) in [5.41, 5.74) is 11.4. The molecular weight excluding hydrogens is 178 g/mol. The summed E-state index contributed by atoms with van der Waals surface area (Å²) in [6.07, 6.45) is 5.48. The van der Waals surface area contributed by atoms with Gasteiger partial charge in [-0.2, -0.15) is 0 Å². The number of hydrogen-bond donors (Lipinski definition) is 2. The Morgan fingerprint density at radius 2 is 2.29 bits per heavy atom. The van der Waals surface area contributed by atoms with Crippen LogP contribution < -0.4 is 16.4 Å². The number of rotatable bonds is 1. The SMILES string of the molecule is Nc1cncc(N2CCCC(N)C2)n1. The van der Waals surface area contributed by atoms with Crippen molar-refractivity contribution in [1.82, 2.24) is 9.97 Å². The summed E-state index contributed by atoms with van der Waals surface area (Å²) in [5, 5.41) is 0. The van der Waals surface area contributed by atoms with Gasteiger partial charge in [-0.1, -0.05) is 0 Å². The highest BCUT2D eigenvalue weighted by Gasteiger charge is 2.17. The summed E-state index contributed by atoms with van der Waals surface area (Å²) in [7, 11) is 0. The summed E-state index contributed by atoms with van der Waals surface area (Å²) in [6.45, 7) is 1.84. The second-order valence-corrected chi connectivity index (χ2v) is 3.65. The maximum Gasteiger partial charge on any atom is 0.149 e. The lowest BCUT2D eigenvalue weighted by Gasteiger charge is -2.31. The highest BCUT2D eigenvalue weighted by molar-refractivity contribution is 5.41. The second kappa shape index (κ2) is 3.79. The van der Waals surface area contributed by atoms with Gasteiger partial charge < -0.3 is 16.4 Å². The maximum atomic E-state index is 5.88. The van der Waals surface area contributed by atoms with Crippen LogP contribution in [0.5, 0.6) is 0 Å². The van der Waals surface area contributed by atoms with E-state index in [1.54, 1.807) is 12.4 Å². The van der Waals surface area contributed by atoms with Crippen LogP contribution in [-0.2, 0) is 0 Å². The Hall–Kier alpha value is -1.36. The van der Waals surface area contributed by atoms with Crippen molar-refractivity contribution >= 4 is 11.6 Å². The first kappa shape index (κ1) is 9.21. The molecule has 1 saturated heterocycles. The van der Waals surface area contributed by atoms with Gasteiger partial charge in [0.1, 0.15) is 11.6 Å². The molecule has 1 aliphatic rings. The average molecular weight is 193 g/mol. The van der Waals surface area contributed by atoms with E-state index in [0.717, 1.165) is 31.7 Å². The Morgan fingerprint density at radius 1 is 1.43 bits per heavy atom. The van der Waals surface area contributed by atoms with Crippen molar-refractivity contribution in [3.63, 3.8) is 0 Å². The largest absolute Gasteiger partial charge is 0.382 e. The standard InChI is InChI=1S/C9H15N5/c10-7-2-1-3-14(6-7)9-5-12-4-8(11)13-9/h4-5,7H,1-3,6,10H2,(H2,11,13). The highest BCUT2D eigenvalue weighted by Crippen LogP contribution is 2.16. The number of aromatic nitrogens is 2. The quantitative estimate of drug-likeness (QED) is 0.655. The number of nitrogens with zero attached hydrogens (tertiary/aromatic N) is 3. The third-order valence-electron chi connectivity index (χ3n) is 2.42. The minimum Gasteiger partial charge on any atom is -0.382 e. The van der Waals surface area contributed by atoms with Crippen LogP contribution in [0.25, 0.3) is 0 Å². The molecule has 1 aromatic rings. The van der Waals surface area contributed by atoms with Crippen LogP contribution in [0.15, 0.2) is 12.4 Å². The molecule has 4 N–H and O–H groups in total. The van der Waals surface area contributed by atoms with Crippen molar-refractivity contribution in [2.45, 2.75) is 18.9 Å². The number of anilines is 2. The molecule has 0 aromatic carbocycles. The molecule has 0 bridgehead atoms. The van der Waals surface area contributed by atoms with E-state index in [-0.39, 0.29) is 6.04 Å². The monoisotopic (exact) mass is 193 g/mol. The van der Waals surface area contributed by atoms with E-state index >= 15 is 0 Å². The Morgan fingerprint density at radius 3 is 3.00 bits per heavy atom. The normalized spacial score (nSPS) is 22.4. The molecule has 1 fully saturated rings. The van der Waals surface area contributed by atoms with Gasteiger partial charge in [0.25, 0.3) is 0 Å². The molecular formula is C9H15N5. The van der Waals surface area contributed by atoms with Gasteiger partial charge in [-0.25, -0.2) is 4.98 Å². The number of piperidine rings is 1. The molecule has 0 spiro atoms. The van der Waals surface area contributed by atoms with Gasteiger partial charge in [0.05, 0.1) is 12.4 Å². The zero-order valence-corrected chi connectivity index (χ0v) is 8.06. The van der Waals surface area contributed by atoms with E-state index in [0.29, 0.717) is 5.82 Å². The molecule has 1 atom stereocenters. The summed E-state index contributed by atoms with van der Waals surface area (Å²) >= 11 is 0. The predicted molar refractivity (Wildman–Crippen MR) is 55.9 cm³/mol. The molecule has 5 nitrogen and oxygen atoms in total. The van der Waals surface area contributed by atoms with Crippen molar-refractivity contribution in [1.29, 1.82) is 0 Å². The number of hydrogen-bond acceptors (Lipinski definition) is 5. The van der Waals surface area contributed by atoms with Crippen LogP contribution in [0.2, 0.25) is 0 Å². The minimum absolute atomic E-state index is 0.243. The van der Waals surface area contributed by atoms with E-state index in [1.165, 1.54) is 0 Å². The van der Waals surface area contributed by atoms with Crippen LogP contribution in [0, 0.1) is 0 Å². The smallest absolute Gasteiger partial charge is 0.149 e. The number of nitrogens with two attached hydrogens (primary N) is 2. The molecule has 2 rings (SSSR count). The van der Waals surface area contributed by atoms with Crippen molar-refractivity contribution < 1.29 is 0 Å².